The topological polar surface area (TPSA) is 82.5 Å². The van der Waals surface area contributed by atoms with Gasteiger partial charge in [-0.1, -0.05) is 23.9 Å². The van der Waals surface area contributed by atoms with Gasteiger partial charge in [0.15, 0.2) is 16.7 Å². The number of carbonyl (C=O) groups excluding carboxylic acids is 1. The van der Waals surface area contributed by atoms with Crippen molar-refractivity contribution in [2.24, 2.45) is 0 Å². The Morgan fingerprint density at radius 1 is 1.12 bits per heavy atom. The van der Waals surface area contributed by atoms with Gasteiger partial charge in [-0.15, -0.1) is 0 Å². The third kappa shape index (κ3) is 3.52. The van der Waals surface area contributed by atoms with Crippen LogP contribution in [0.15, 0.2) is 52.4 Å². The van der Waals surface area contributed by atoms with Crippen molar-refractivity contribution in [2.75, 3.05) is 11.1 Å². The maximum absolute atomic E-state index is 13.0. The van der Waals surface area contributed by atoms with E-state index in [2.05, 4.69) is 10.3 Å². The molecule has 0 atom stereocenters. The Bertz CT molecular complexity index is 1280. The van der Waals surface area contributed by atoms with Crippen LogP contribution in [0.1, 0.15) is 44.6 Å². The molecule has 2 fully saturated rings. The lowest BCUT2D eigenvalue weighted by Crippen LogP contribution is -2.34. The van der Waals surface area contributed by atoms with Gasteiger partial charge in [-0.25, -0.2) is 4.98 Å². The summed E-state index contributed by atoms with van der Waals surface area (Å²) >= 11 is 1.30. The standard InChI is InChI=1S/C24H23N3O4S/c28-21(25-15-7-10-19-20(13-15)31-24(30-19)11-3-4-12-24)14-32-23-26-18-6-2-1-5-17(18)22(29)27(23)16-8-9-16/h1-2,5-7,10,13,16H,3-4,8-9,11-12,14H2,(H,25,28). The molecule has 32 heavy (non-hydrogen) atoms. The Morgan fingerprint density at radius 2 is 1.91 bits per heavy atom. The van der Waals surface area contributed by atoms with Crippen molar-refractivity contribution >= 4 is 34.3 Å². The first-order valence-electron chi connectivity index (χ1n) is 11.1. The van der Waals surface area contributed by atoms with Gasteiger partial charge in [0.25, 0.3) is 11.3 Å². The largest absolute Gasteiger partial charge is 0.448 e. The highest BCUT2D eigenvalue weighted by Gasteiger charge is 2.44. The second-order valence-electron chi connectivity index (χ2n) is 8.64. The van der Waals surface area contributed by atoms with E-state index in [-0.39, 0.29) is 23.3 Å². The molecule has 1 aliphatic heterocycles. The first kappa shape index (κ1) is 19.7. The van der Waals surface area contributed by atoms with Gasteiger partial charge >= 0.3 is 0 Å². The molecule has 2 aliphatic carbocycles. The lowest BCUT2D eigenvalue weighted by Gasteiger charge is -2.21. The molecule has 0 bridgehead atoms. The van der Waals surface area contributed by atoms with Crippen LogP contribution in [0.3, 0.4) is 0 Å². The molecule has 2 aromatic carbocycles. The number of rotatable bonds is 5. The summed E-state index contributed by atoms with van der Waals surface area (Å²) in [5.74, 6) is 0.892. The van der Waals surface area contributed by atoms with E-state index in [0.29, 0.717) is 27.5 Å². The SMILES string of the molecule is O=C(CSc1nc2ccccc2c(=O)n1C1CC1)Nc1ccc2c(c1)OC1(CCCC1)O2. The molecule has 6 rings (SSSR count). The lowest BCUT2D eigenvalue weighted by atomic mass is 10.2. The van der Waals surface area contributed by atoms with Crippen LogP contribution in [0, 0.1) is 0 Å². The zero-order valence-corrected chi connectivity index (χ0v) is 18.3. The van der Waals surface area contributed by atoms with E-state index in [1.54, 1.807) is 10.6 Å². The number of fused-ring (bicyclic) bond motifs is 2. The molecule has 164 valence electrons. The highest BCUT2D eigenvalue weighted by Crippen LogP contribution is 2.47. The zero-order valence-electron chi connectivity index (χ0n) is 17.5. The van der Waals surface area contributed by atoms with Gasteiger partial charge in [-0.3, -0.25) is 14.2 Å². The average molecular weight is 450 g/mol. The van der Waals surface area contributed by atoms with E-state index in [4.69, 9.17) is 9.47 Å². The van der Waals surface area contributed by atoms with Crippen molar-refractivity contribution in [1.82, 2.24) is 9.55 Å². The van der Waals surface area contributed by atoms with E-state index in [1.165, 1.54) is 11.8 Å². The Hall–Kier alpha value is -3.00. The number of ether oxygens (including phenoxy) is 2. The second-order valence-corrected chi connectivity index (χ2v) is 9.58. The summed E-state index contributed by atoms with van der Waals surface area (Å²) in [6.07, 6.45) is 5.92. The fraction of sp³-hybridized carbons (Fsp3) is 0.375. The number of hydrogen-bond donors (Lipinski definition) is 1. The number of nitrogens with one attached hydrogen (secondary N) is 1. The molecule has 8 heteroatoms. The normalized spacial score (nSPS) is 18.4. The molecule has 3 aliphatic rings. The van der Waals surface area contributed by atoms with Crippen LogP contribution in [-0.2, 0) is 4.79 Å². The van der Waals surface area contributed by atoms with Gasteiger partial charge < -0.3 is 14.8 Å². The molecule has 0 radical (unpaired) electrons. The van der Waals surface area contributed by atoms with E-state index >= 15 is 0 Å². The first-order chi connectivity index (χ1) is 15.6. The Balaban J connectivity index is 1.17. The monoisotopic (exact) mass is 449 g/mol. The Labute approximate surface area is 189 Å². The fourth-order valence-electron chi connectivity index (χ4n) is 4.50. The maximum atomic E-state index is 13.0. The highest BCUT2D eigenvalue weighted by molar-refractivity contribution is 7.99. The molecule has 1 aromatic heterocycles. The summed E-state index contributed by atoms with van der Waals surface area (Å²) in [6, 6.07) is 13.0. The smallest absolute Gasteiger partial charge is 0.262 e. The second kappa shape index (κ2) is 7.55. The molecule has 2 saturated carbocycles. The van der Waals surface area contributed by atoms with Crippen molar-refractivity contribution in [3.63, 3.8) is 0 Å². The number of anilines is 1. The van der Waals surface area contributed by atoms with E-state index in [9.17, 15) is 9.59 Å². The van der Waals surface area contributed by atoms with Gasteiger partial charge in [0, 0.05) is 30.6 Å². The molecular formula is C24H23N3O4S. The summed E-state index contributed by atoms with van der Waals surface area (Å²) in [7, 11) is 0. The van der Waals surface area contributed by atoms with Crippen molar-refractivity contribution in [2.45, 2.75) is 55.5 Å². The van der Waals surface area contributed by atoms with Gasteiger partial charge in [0.1, 0.15) is 0 Å². The molecule has 0 unspecified atom stereocenters. The molecular weight excluding hydrogens is 426 g/mol. The Morgan fingerprint density at radius 3 is 2.72 bits per heavy atom. The lowest BCUT2D eigenvalue weighted by molar-refractivity contribution is -0.113. The molecule has 0 saturated heterocycles. The number of benzene rings is 2. The van der Waals surface area contributed by atoms with E-state index < -0.39 is 5.79 Å². The van der Waals surface area contributed by atoms with Crippen LogP contribution in [0.25, 0.3) is 10.9 Å². The van der Waals surface area contributed by atoms with Crippen LogP contribution in [-0.4, -0.2) is 27.0 Å². The summed E-state index contributed by atoms with van der Waals surface area (Å²) in [4.78, 5) is 30.3. The number of amides is 1. The van der Waals surface area contributed by atoms with Crippen molar-refractivity contribution in [3.05, 3.63) is 52.8 Å². The number of carbonyl (C=O) groups is 1. The predicted molar refractivity (Wildman–Crippen MR) is 123 cm³/mol. The summed E-state index contributed by atoms with van der Waals surface area (Å²) in [5, 5.41) is 4.14. The summed E-state index contributed by atoms with van der Waals surface area (Å²) < 4.78 is 13.9. The first-order valence-corrected chi connectivity index (χ1v) is 12.0. The minimum absolute atomic E-state index is 0.0300. The van der Waals surface area contributed by atoms with Crippen LogP contribution in [0.4, 0.5) is 5.69 Å². The molecule has 1 amide bonds. The predicted octanol–water partition coefficient (Wildman–Crippen LogP) is 4.50. The van der Waals surface area contributed by atoms with Gasteiger partial charge in [0.05, 0.1) is 16.7 Å². The zero-order chi connectivity index (χ0) is 21.7. The number of aromatic nitrogens is 2. The van der Waals surface area contributed by atoms with Crippen molar-refractivity contribution in [1.29, 1.82) is 0 Å². The third-order valence-corrected chi connectivity index (χ3v) is 7.16. The molecule has 7 nitrogen and oxygen atoms in total. The van der Waals surface area contributed by atoms with Crippen molar-refractivity contribution in [3.8, 4) is 11.5 Å². The van der Waals surface area contributed by atoms with Gasteiger partial charge in [-0.2, -0.15) is 0 Å². The average Bonchev–Trinajstić information content (AvgIpc) is 3.42. The minimum atomic E-state index is -0.519. The fourth-order valence-corrected chi connectivity index (χ4v) is 5.36. The highest BCUT2D eigenvalue weighted by atomic mass is 32.2. The van der Waals surface area contributed by atoms with Crippen LogP contribution in [0.2, 0.25) is 0 Å². The molecule has 3 aromatic rings. The Kier molecular flexibility index (Phi) is 4.64. The van der Waals surface area contributed by atoms with Gasteiger partial charge in [-0.05, 0) is 49.9 Å². The van der Waals surface area contributed by atoms with E-state index in [0.717, 1.165) is 44.3 Å². The van der Waals surface area contributed by atoms with Crippen LogP contribution in [0.5, 0.6) is 11.5 Å². The molecule has 1 spiro atoms. The van der Waals surface area contributed by atoms with Gasteiger partial charge in [0.2, 0.25) is 5.91 Å². The molecule has 2 heterocycles. The summed E-state index contributed by atoms with van der Waals surface area (Å²) in [6.45, 7) is 0. The van der Waals surface area contributed by atoms with E-state index in [1.807, 2.05) is 36.4 Å². The number of para-hydroxylation sites is 1. The quantitative estimate of drug-likeness (QED) is 0.456. The third-order valence-electron chi connectivity index (χ3n) is 6.20. The van der Waals surface area contributed by atoms with Crippen LogP contribution >= 0.6 is 11.8 Å². The maximum Gasteiger partial charge on any atom is 0.262 e. The molecule has 1 N–H and O–H groups in total. The number of thioether (sulfide) groups is 1. The minimum Gasteiger partial charge on any atom is -0.448 e. The van der Waals surface area contributed by atoms with Crippen LogP contribution < -0.4 is 20.3 Å². The number of nitrogens with zero attached hydrogens (tertiary/aromatic N) is 2. The van der Waals surface area contributed by atoms with Crippen molar-refractivity contribution < 1.29 is 14.3 Å². The summed E-state index contributed by atoms with van der Waals surface area (Å²) in [5.41, 5.74) is 1.30. The number of hydrogen-bond acceptors (Lipinski definition) is 6.